The smallest absolute Gasteiger partial charge is 0.306 e. The molecule has 1 aromatic rings. The number of methoxy groups -OCH3 is 1. The summed E-state index contributed by atoms with van der Waals surface area (Å²) >= 11 is 0. The Morgan fingerprint density at radius 3 is 2.88 bits per heavy atom. The Hall–Kier alpha value is -2.63. The van der Waals surface area contributed by atoms with Gasteiger partial charge in [0.05, 0.1) is 25.0 Å². The number of amides is 2. The number of ether oxygens (including phenoxy) is 1. The molecule has 1 spiro atoms. The van der Waals surface area contributed by atoms with Gasteiger partial charge in [-0.05, 0) is 31.4 Å². The second-order valence-corrected chi connectivity index (χ2v) is 7.19. The average Bonchev–Trinajstić information content (AvgIpc) is 3.16. The number of rotatable bonds is 2. The van der Waals surface area contributed by atoms with Crippen LogP contribution in [0.3, 0.4) is 0 Å². The highest BCUT2D eigenvalue weighted by atomic mass is 16.5. The van der Waals surface area contributed by atoms with Gasteiger partial charge in [0.25, 0.3) is 0 Å². The second kappa shape index (κ2) is 5.97. The highest BCUT2D eigenvalue weighted by Crippen LogP contribution is 2.52. The third-order valence-electron chi connectivity index (χ3n) is 6.16. The van der Waals surface area contributed by atoms with Gasteiger partial charge in [-0.3, -0.25) is 14.4 Å². The van der Waals surface area contributed by atoms with Crippen LogP contribution in [-0.2, 0) is 24.5 Å². The third kappa shape index (κ3) is 2.14. The molecule has 1 N–H and O–H groups in total. The van der Waals surface area contributed by atoms with Crippen molar-refractivity contribution in [3.05, 3.63) is 41.5 Å². The number of fused-ring (bicyclic) bond motifs is 4. The summed E-state index contributed by atoms with van der Waals surface area (Å²) in [5, 5.41) is 2.99. The molecule has 0 unspecified atom stereocenters. The minimum Gasteiger partial charge on any atom is -0.469 e. The number of hydrogen-bond acceptors (Lipinski definition) is 4. The third-order valence-corrected chi connectivity index (χ3v) is 6.16. The van der Waals surface area contributed by atoms with E-state index in [1.165, 1.54) is 7.11 Å². The van der Waals surface area contributed by atoms with Crippen molar-refractivity contribution in [3.63, 3.8) is 0 Å². The van der Waals surface area contributed by atoms with Gasteiger partial charge in [0.1, 0.15) is 0 Å². The van der Waals surface area contributed by atoms with Crippen LogP contribution in [-0.4, -0.2) is 42.4 Å². The van der Waals surface area contributed by atoms with Gasteiger partial charge >= 0.3 is 5.97 Å². The first kappa shape index (κ1) is 16.8. The van der Waals surface area contributed by atoms with E-state index in [9.17, 15) is 14.4 Å². The summed E-state index contributed by atoms with van der Waals surface area (Å²) in [6, 6.07) is 7.46. The van der Waals surface area contributed by atoms with Crippen molar-refractivity contribution < 1.29 is 19.1 Å². The fourth-order valence-electron chi connectivity index (χ4n) is 4.95. The molecule has 0 aliphatic carbocycles. The highest BCUT2D eigenvalue weighted by molar-refractivity contribution is 6.08. The van der Waals surface area contributed by atoms with Gasteiger partial charge in [-0.25, -0.2) is 0 Å². The highest BCUT2D eigenvalue weighted by Gasteiger charge is 2.61. The molecular formula is C20H22N2O4. The molecule has 6 nitrogen and oxygen atoms in total. The van der Waals surface area contributed by atoms with Crippen molar-refractivity contribution in [2.75, 3.05) is 19.0 Å². The fourth-order valence-corrected chi connectivity index (χ4v) is 4.95. The minimum atomic E-state index is -0.722. The van der Waals surface area contributed by atoms with Gasteiger partial charge in [0, 0.05) is 23.7 Å². The van der Waals surface area contributed by atoms with Crippen LogP contribution in [0.4, 0.5) is 5.69 Å². The van der Waals surface area contributed by atoms with Crippen molar-refractivity contribution in [1.29, 1.82) is 0 Å². The van der Waals surface area contributed by atoms with Crippen molar-refractivity contribution in [3.8, 4) is 0 Å². The van der Waals surface area contributed by atoms with Crippen LogP contribution >= 0.6 is 0 Å². The first-order valence-corrected chi connectivity index (χ1v) is 8.98. The maximum absolute atomic E-state index is 13.1. The van der Waals surface area contributed by atoms with Gasteiger partial charge < -0.3 is 15.0 Å². The zero-order chi connectivity index (χ0) is 18.5. The summed E-state index contributed by atoms with van der Waals surface area (Å²) in [5.74, 6) is -0.665. The summed E-state index contributed by atoms with van der Waals surface area (Å²) < 4.78 is 4.82. The fraction of sp³-hybridized carbons (Fsp3) is 0.450. The van der Waals surface area contributed by atoms with E-state index in [2.05, 4.69) is 5.32 Å². The predicted molar refractivity (Wildman–Crippen MR) is 95.4 cm³/mol. The standard InChI is InChI=1S/C20H22N2O4/c1-3-13-12(11-17(23)26-2)10-16-20(8-9-22(16)18(13)24)14-6-4-5-7-15(14)21-19(20)25/h3-7,12,16H,8-11H2,1-2H3,(H,21,25)/b13-3+/t12-,16+,20+/m1/s1. The number of carbonyl (C=O) groups is 3. The average molecular weight is 354 g/mol. The van der Waals surface area contributed by atoms with Gasteiger partial charge in [-0.2, -0.15) is 0 Å². The van der Waals surface area contributed by atoms with Gasteiger partial charge in [-0.15, -0.1) is 0 Å². The van der Waals surface area contributed by atoms with Crippen LogP contribution in [0, 0.1) is 5.92 Å². The summed E-state index contributed by atoms with van der Waals surface area (Å²) in [6.07, 6.45) is 3.14. The predicted octanol–water partition coefficient (Wildman–Crippen LogP) is 2.01. The molecule has 2 fully saturated rings. The van der Waals surface area contributed by atoms with E-state index in [4.69, 9.17) is 4.74 Å². The Balaban J connectivity index is 1.76. The number of esters is 1. The quantitative estimate of drug-likeness (QED) is 0.651. The van der Waals surface area contributed by atoms with Gasteiger partial charge in [-0.1, -0.05) is 24.3 Å². The number of benzene rings is 1. The molecule has 2 saturated heterocycles. The van der Waals surface area contributed by atoms with Crippen LogP contribution in [0.5, 0.6) is 0 Å². The maximum atomic E-state index is 13.1. The molecule has 0 aromatic heterocycles. The number of anilines is 1. The molecule has 0 radical (unpaired) electrons. The Morgan fingerprint density at radius 1 is 1.38 bits per heavy atom. The van der Waals surface area contributed by atoms with E-state index in [1.54, 1.807) is 6.08 Å². The zero-order valence-electron chi connectivity index (χ0n) is 15.0. The van der Waals surface area contributed by atoms with E-state index in [-0.39, 0.29) is 36.2 Å². The van der Waals surface area contributed by atoms with Crippen LogP contribution in [0.1, 0.15) is 31.7 Å². The van der Waals surface area contributed by atoms with Gasteiger partial charge in [0.2, 0.25) is 11.8 Å². The molecule has 3 aliphatic rings. The molecule has 26 heavy (non-hydrogen) atoms. The van der Waals surface area contributed by atoms with Crippen molar-refractivity contribution >= 4 is 23.5 Å². The maximum Gasteiger partial charge on any atom is 0.306 e. The number of para-hydroxylation sites is 1. The first-order chi connectivity index (χ1) is 12.5. The summed E-state index contributed by atoms with van der Waals surface area (Å²) in [4.78, 5) is 39.7. The van der Waals surface area contributed by atoms with Gasteiger partial charge in [0.15, 0.2) is 0 Å². The van der Waals surface area contributed by atoms with Crippen molar-refractivity contribution in [2.24, 2.45) is 5.92 Å². The molecule has 4 rings (SSSR count). The number of hydrogen-bond donors (Lipinski definition) is 1. The molecular weight excluding hydrogens is 332 g/mol. The Kier molecular flexibility index (Phi) is 3.86. The Labute approximate surface area is 152 Å². The van der Waals surface area contributed by atoms with Crippen LogP contribution in [0.25, 0.3) is 0 Å². The monoisotopic (exact) mass is 354 g/mol. The molecule has 0 bridgehead atoms. The summed E-state index contributed by atoms with van der Waals surface area (Å²) in [6.45, 7) is 2.37. The SMILES string of the molecule is C/C=C1/C(=O)N2CC[C@@]3(C(=O)Nc4ccccc43)[C@@H]2C[C@@H]1CC(=O)OC. The van der Waals surface area contributed by atoms with Crippen LogP contribution in [0.15, 0.2) is 35.9 Å². The van der Waals surface area contributed by atoms with Crippen LogP contribution in [0.2, 0.25) is 0 Å². The summed E-state index contributed by atoms with van der Waals surface area (Å²) in [7, 11) is 1.35. The molecule has 3 heterocycles. The number of nitrogens with zero attached hydrogens (tertiary/aromatic N) is 1. The van der Waals surface area contributed by atoms with E-state index in [0.29, 0.717) is 25.0 Å². The lowest BCUT2D eigenvalue weighted by molar-refractivity contribution is -0.142. The molecule has 136 valence electrons. The molecule has 2 amide bonds. The number of allylic oxidation sites excluding steroid dienone is 1. The van der Waals surface area contributed by atoms with Crippen molar-refractivity contribution in [2.45, 2.75) is 37.6 Å². The zero-order valence-corrected chi connectivity index (χ0v) is 15.0. The van der Waals surface area contributed by atoms with E-state index >= 15 is 0 Å². The van der Waals surface area contributed by atoms with E-state index in [0.717, 1.165) is 11.3 Å². The molecule has 3 aliphatic heterocycles. The van der Waals surface area contributed by atoms with Crippen molar-refractivity contribution in [1.82, 2.24) is 4.90 Å². The minimum absolute atomic E-state index is 0.0419. The first-order valence-electron chi connectivity index (χ1n) is 8.98. The second-order valence-electron chi connectivity index (χ2n) is 7.19. The molecule has 1 aromatic carbocycles. The largest absolute Gasteiger partial charge is 0.469 e. The molecule has 6 heteroatoms. The topological polar surface area (TPSA) is 75.7 Å². The lowest BCUT2D eigenvalue weighted by Gasteiger charge is -2.41. The lowest BCUT2D eigenvalue weighted by atomic mass is 9.69. The summed E-state index contributed by atoms with van der Waals surface area (Å²) in [5.41, 5.74) is 1.72. The number of nitrogens with one attached hydrogen (secondary N) is 1. The van der Waals surface area contributed by atoms with Crippen LogP contribution < -0.4 is 5.32 Å². The number of piperidine rings is 1. The normalized spacial score (nSPS) is 31.2. The Morgan fingerprint density at radius 2 is 2.15 bits per heavy atom. The van der Waals surface area contributed by atoms with E-state index in [1.807, 2.05) is 36.1 Å². The Bertz CT molecular complexity index is 831. The molecule has 3 atom stereocenters. The lowest BCUT2D eigenvalue weighted by Crippen LogP contribution is -2.53. The number of carbonyl (C=O) groups excluding carboxylic acids is 3. The van der Waals surface area contributed by atoms with E-state index < -0.39 is 5.41 Å². The molecule has 0 saturated carbocycles.